The Kier molecular flexibility index (Phi) is 4.94. The Labute approximate surface area is 120 Å². The first-order valence-corrected chi connectivity index (χ1v) is 7.17. The zero-order chi connectivity index (χ0) is 14.4. The molecule has 0 aliphatic rings. The molecule has 2 aromatic rings. The molecular weight excluding hydrogens is 246 g/mol. The number of benzene rings is 2. The maximum Gasteiger partial charge on any atom is 0.244 e. The van der Waals surface area contributed by atoms with Gasteiger partial charge in [0.15, 0.2) is 0 Å². The van der Waals surface area contributed by atoms with Crippen LogP contribution in [0.3, 0.4) is 0 Å². The lowest BCUT2D eigenvalue weighted by Crippen LogP contribution is -2.24. The van der Waals surface area contributed by atoms with Gasteiger partial charge in [-0.3, -0.25) is 4.79 Å². The molecule has 0 aliphatic heterocycles. The smallest absolute Gasteiger partial charge is 0.244 e. The second-order valence-corrected chi connectivity index (χ2v) is 4.99. The lowest BCUT2D eigenvalue weighted by Gasteiger charge is -2.15. The Hall–Kier alpha value is -2.09. The Morgan fingerprint density at radius 2 is 1.95 bits per heavy atom. The summed E-state index contributed by atoms with van der Waals surface area (Å²) in [7, 11) is 0. The molecule has 20 heavy (non-hydrogen) atoms. The highest BCUT2D eigenvalue weighted by Crippen LogP contribution is 2.23. The second kappa shape index (κ2) is 6.90. The fourth-order valence-corrected chi connectivity index (χ4v) is 2.32. The Bertz CT molecular complexity index is 610. The molecule has 1 N–H and O–H groups in total. The van der Waals surface area contributed by atoms with E-state index in [0.29, 0.717) is 0 Å². The highest BCUT2D eigenvalue weighted by molar-refractivity contribution is 5.89. The molecule has 0 spiro atoms. The quantitative estimate of drug-likeness (QED) is 0.801. The Morgan fingerprint density at radius 1 is 1.20 bits per heavy atom. The van der Waals surface area contributed by atoms with Crippen LogP contribution in [0.1, 0.15) is 38.3 Å². The summed E-state index contributed by atoms with van der Waals surface area (Å²) >= 11 is 0. The van der Waals surface area contributed by atoms with E-state index in [4.69, 9.17) is 0 Å². The number of allylic oxidation sites excluding steroid dienone is 1. The van der Waals surface area contributed by atoms with E-state index in [1.807, 2.05) is 31.2 Å². The third-order valence-corrected chi connectivity index (χ3v) is 3.37. The van der Waals surface area contributed by atoms with Gasteiger partial charge in [-0.25, -0.2) is 0 Å². The SMILES string of the molecule is CCC/C=C/C(=O)N[C@@H](C)c1cccc2ccccc12. The maximum absolute atomic E-state index is 11.8. The van der Waals surface area contributed by atoms with Crippen LogP contribution in [0.15, 0.2) is 54.6 Å². The number of rotatable bonds is 5. The highest BCUT2D eigenvalue weighted by Gasteiger charge is 2.10. The van der Waals surface area contributed by atoms with Crippen molar-refractivity contribution in [1.29, 1.82) is 0 Å². The lowest BCUT2D eigenvalue weighted by atomic mass is 10.00. The molecule has 0 unspecified atom stereocenters. The average molecular weight is 267 g/mol. The molecule has 0 aromatic heterocycles. The molecule has 104 valence electrons. The van der Waals surface area contributed by atoms with Crippen molar-refractivity contribution in [1.82, 2.24) is 5.32 Å². The number of amides is 1. The number of fused-ring (bicyclic) bond motifs is 1. The van der Waals surface area contributed by atoms with Gasteiger partial charge >= 0.3 is 0 Å². The normalized spacial score (nSPS) is 12.7. The van der Waals surface area contributed by atoms with Crippen molar-refractivity contribution in [3.05, 3.63) is 60.2 Å². The van der Waals surface area contributed by atoms with Gasteiger partial charge in [0.05, 0.1) is 6.04 Å². The number of carbonyl (C=O) groups excluding carboxylic acids is 1. The van der Waals surface area contributed by atoms with Gasteiger partial charge in [0.1, 0.15) is 0 Å². The van der Waals surface area contributed by atoms with Crippen molar-refractivity contribution in [2.24, 2.45) is 0 Å². The molecule has 0 heterocycles. The van der Waals surface area contributed by atoms with Crippen LogP contribution in [0.2, 0.25) is 0 Å². The second-order valence-electron chi connectivity index (χ2n) is 4.99. The van der Waals surface area contributed by atoms with E-state index in [-0.39, 0.29) is 11.9 Å². The van der Waals surface area contributed by atoms with Crippen LogP contribution < -0.4 is 5.32 Å². The van der Waals surface area contributed by atoms with E-state index >= 15 is 0 Å². The Morgan fingerprint density at radius 3 is 2.75 bits per heavy atom. The van der Waals surface area contributed by atoms with Crippen LogP contribution in [-0.4, -0.2) is 5.91 Å². The molecule has 2 rings (SSSR count). The molecular formula is C18H21NO. The fourth-order valence-electron chi connectivity index (χ4n) is 2.32. The van der Waals surface area contributed by atoms with Gasteiger partial charge < -0.3 is 5.32 Å². The van der Waals surface area contributed by atoms with Gasteiger partial charge in [0, 0.05) is 0 Å². The first-order valence-electron chi connectivity index (χ1n) is 7.17. The number of nitrogens with one attached hydrogen (secondary N) is 1. The van der Waals surface area contributed by atoms with Gasteiger partial charge in [-0.15, -0.1) is 0 Å². The van der Waals surface area contributed by atoms with E-state index in [1.165, 1.54) is 10.8 Å². The standard InChI is InChI=1S/C18H21NO/c1-3-4-5-13-18(20)19-14(2)16-12-8-10-15-9-6-7-11-17(15)16/h5-14H,3-4H2,1-2H3,(H,19,20)/b13-5+/t14-/m0/s1. The highest BCUT2D eigenvalue weighted by atomic mass is 16.1. The van der Waals surface area contributed by atoms with E-state index in [2.05, 4.69) is 36.5 Å². The molecule has 0 saturated carbocycles. The lowest BCUT2D eigenvalue weighted by molar-refractivity contribution is -0.117. The molecule has 1 atom stereocenters. The van der Waals surface area contributed by atoms with Crippen molar-refractivity contribution < 1.29 is 4.79 Å². The molecule has 0 fully saturated rings. The summed E-state index contributed by atoms with van der Waals surface area (Å²) in [5.41, 5.74) is 1.15. The summed E-state index contributed by atoms with van der Waals surface area (Å²) in [5.74, 6) is -0.0288. The van der Waals surface area contributed by atoms with E-state index in [1.54, 1.807) is 6.08 Å². The van der Waals surface area contributed by atoms with Crippen LogP contribution in [-0.2, 0) is 4.79 Å². The summed E-state index contributed by atoms with van der Waals surface area (Å²) < 4.78 is 0. The predicted octanol–water partition coefficient (Wildman–Crippen LogP) is 4.37. The van der Waals surface area contributed by atoms with Crippen molar-refractivity contribution in [2.75, 3.05) is 0 Å². The Balaban J connectivity index is 2.15. The fraction of sp³-hybridized carbons (Fsp3) is 0.278. The largest absolute Gasteiger partial charge is 0.346 e. The van der Waals surface area contributed by atoms with Gasteiger partial charge in [-0.1, -0.05) is 61.9 Å². The molecule has 2 heteroatoms. The summed E-state index contributed by atoms with van der Waals surface area (Å²) in [5, 5.41) is 5.42. The zero-order valence-electron chi connectivity index (χ0n) is 12.1. The van der Waals surface area contributed by atoms with Crippen LogP contribution in [0.4, 0.5) is 0 Å². The summed E-state index contributed by atoms with van der Waals surface area (Å²) in [6.45, 7) is 4.12. The third kappa shape index (κ3) is 3.47. The molecule has 0 bridgehead atoms. The van der Waals surface area contributed by atoms with Crippen molar-refractivity contribution in [2.45, 2.75) is 32.7 Å². The van der Waals surface area contributed by atoms with Crippen molar-refractivity contribution in [3.8, 4) is 0 Å². The minimum Gasteiger partial charge on any atom is -0.346 e. The summed E-state index contributed by atoms with van der Waals surface area (Å²) in [4.78, 5) is 11.8. The third-order valence-electron chi connectivity index (χ3n) is 3.37. The number of unbranched alkanes of at least 4 members (excludes halogenated alkanes) is 1. The van der Waals surface area contributed by atoms with Crippen LogP contribution in [0, 0.1) is 0 Å². The monoisotopic (exact) mass is 267 g/mol. The van der Waals surface area contributed by atoms with Gasteiger partial charge in [-0.05, 0) is 35.8 Å². The predicted molar refractivity (Wildman–Crippen MR) is 84.6 cm³/mol. The topological polar surface area (TPSA) is 29.1 Å². The van der Waals surface area contributed by atoms with Crippen LogP contribution in [0.5, 0.6) is 0 Å². The van der Waals surface area contributed by atoms with E-state index in [0.717, 1.165) is 18.4 Å². The molecule has 1 amide bonds. The molecule has 2 nitrogen and oxygen atoms in total. The molecule has 0 radical (unpaired) electrons. The minimum atomic E-state index is -0.0288. The van der Waals surface area contributed by atoms with E-state index in [9.17, 15) is 4.79 Å². The number of hydrogen-bond acceptors (Lipinski definition) is 1. The number of hydrogen-bond donors (Lipinski definition) is 1. The van der Waals surface area contributed by atoms with Crippen LogP contribution in [0.25, 0.3) is 10.8 Å². The zero-order valence-corrected chi connectivity index (χ0v) is 12.1. The van der Waals surface area contributed by atoms with Crippen molar-refractivity contribution >= 4 is 16.7 Å². The van der Waals surface area contributed by atoms with Crippen molar-refractivity contribution in [3.63, 3.8) is 0 Å². The molecule has 2 aromatic carbocycles. The van der Waals surface area contributed by atoms with Gasteiger partial charge in [0.25, 0.3) is 0 Å². The average Bonchev–Trinajstić information content (AvgIpc) is 2.47. The van der Waals surface area contributed by atoms with Gasteiger partial charge in [0.2, 0.25) is 5.91 Å². The van der Waals surface area contributed by atoms with E-state index < -0.39 is 0 Å². The van der Waals surface area contributed by atoms with Gasteiger partial charge in [-0.2, -0.15) is 0 Å². The molecule has 0 saturated heterocycles. The first-order chi connectivity index (χ1) is 9.72. The summed E-state index contributed by atoms with van der Waals surface area (Å²) in [6.07, 6.45) is 5.55. The minimum absolute atomic E-state index is 0.000114. The first kappa shape index (κ1) is 14.3. The maximum atomic E-state index is 11.8. The van der Waals surface area contributed by atoms with Crippen LogP contribution >= 0.6 is 0 Å². The number of carbonyl (C=O) groups is 1. The summed E-state index contributed by atoms with van der Waals surface area (Å²) in [6, 6.07) is 14.4. The molecule has 0 aliphatic carbocycles.